The summed E-state index contributed by atoms with van der Waals surface area (Å²) in [5, 5.41) is 0. The van der Waals surface area contributed by atoms with Gasteiger partial charge in [-0.1, -0.05) is 24.6 Å². The van der Waals surface area contributed by atoms with E-state index in [1.54, 1.807) is 10.4 Å². The van der Waals surface area contributed by atoms with E-state index in [1.807, 2.05) is 11.3 Å². The Hall–Kier alpha value is -1.16. The third-order valence-electron chi connectivity index (χ3n) is 4.58. The van der Waals surface area contributed by atoms with Crippen LogP contribution in [0.5, 0.6) is 0 Å². The maximum atomic E-state index is 5.87. The minimum atomic E-state index is 0.112. The number of hydrogen-bond donors (Lipinski definition) is 2. The minimum Gasteiger partial charge on any atom is -0.271 e. The molecule has 1 unspecified atom stereocenters. The van der Waals surface area contributed by atoms with Gasteiger partial charge in [-0.3, -0.25) is 5.84 Å². The van der Waals surface area contributed by atoms with Crippen LogP contribution in [-0.4, -0.2) is 0 Å². The van der Waals surface area contributed by atoms with Gasteiger partial charge < -0.3 is 0 Å². The van der Waals surface area contributed by atoms with Gasteiger partial charge >= 0.3 is 0 Å². The standard InChI is InChI=1S/C18H24N2S/c1-12-8-9-15(10-13(12)2)18(20-19)17-11-14-6-4-3-5-7-16(14)21-17/h8-11,18,20H,3-7,19H2,1-2H3. The van der Waals surface area contributed by atoms with E-state index in [4.69, 9.17) is 5.84 Å². The van der Waals surface area contributed by atoms with Gasteiger partial charge in [0, 0.05) is 9.75 Å². The molecular weight excluding hydrogens is 276 g/mol. The SMILES string of the molecule is Cc1ccc(C(NN)c2cc3c(s2)CCCCC3)cc1C. The summed E-state index contributed by atoms with van der Waals surface area (Å²) in [5.74, 6) is 5.87. The van der Waals surface area contributed by atoms with Crippen LogP contribution in [0.15, 0.2) is 24.3 Å². The van der Waals surface area contributed by atoms with Crippen molar-refractivity contribution in [3.05, 3.63) is 56.3 Å². The number of fused-ring (bicyclic) bond motifs is 1. The van der Waals surface area contributed by atoms with E-state index >= 15 is 0 Å². The topological polar surface area (TPSA) is 38.0 Å². The summed E-state index contributed by atoms with van der Waals surface area (Å²) in [7, 11) is 0. The second-order valence-electron chi connectivity index (χ2n) is 6.10. The normalized spacial score (nSPS) is 16.3. The van der Waals surface area contributed by atoms with E-state index in [0.717, 1.165) is 0 Å². The molecule has 3 rings (SSSR count). The zero-order chi connectivity index (χ0) is 14.8. The molecule has 3 heteroatoms. The fourth-order valence-corrected chi connectivity index (χ4v) is 4.47. The molecule has 112 valence electrons. The summed E-state index contributed by atoms with van der Waals surface area (Å²) in [5.41, 5.74) is 8.48. The van der Waals surface area contributed by atoms with Crippen LogP contribution in [0.4, 0.5) is 0 Å². The highest BCUT2D eigenvalue weighted by molar-refractivity contribution is 7.12. The van der Waals surface area contributed by atoms with Crippen molar-refractivity contribution in [1.29, 1.82) is 0 Å². The Morgan fingerprint density at radius 1 is 1.05 bits per heavy atom. The summed E-state index contributed by atoms with van der Waals surface area (Å²) in [6.07, 6.45) is 6.50. The predicted octanol–water partition coefficient (Wildman–Crippen LogP) is 4.19. The second-order valence-corrected chi connectivity index (χ2v) is 7.27. The van der Waals surface area contributed by atoms with Crippen molar-refractivity contribution in [3.63, 3.8) is 0 Å². The fourth-order valence-electron chi connectivity index (χ4n) is 3.12. The maximum Gasteiger partial charge on any atom is 0.0802 e. The molecule has 21 heavy (non-hydrogen) atoms. The average Bonchev–Trinajstić information content (AvgIpc) is 2.74. The Bertz CT molecular complexity index is 607. The molecule has 1 aliphatic rings. The number of hydrogen-bond acceptors (Lipinski definition) is 3. The van der Waals surface area contributed by atoms with Crippen LogP contribution in [0.1, 0.15) is 57.3 Å². The van der Waals surface area contributed by atoms with Crippen LogP contribution >= 0.6 is 11.3 Å². The van der Waals surface area contributed by atoms with Crippen molar-refractivity contribution in [3.8, 4) is 0 Å². The number of hydrazine groups is 1. The van der Waals surface area contributed by atoms with E-state index in [1.165, 1.54) is 53.7 Å². The first kappa shape index (κ1) is 14.8. The monoisotopic (exact) mass is 300 g/mol. The van der Waals surface area contributed by atoms with Crippen molar-refractivity contribution in [2.24, 2.45) is 5.84 Å². The van der Waals surface area contributed by atoms with Gasteiger partial charge in [-0.15, -0.1) is 11.3 Å². The van der Waals surface area contributed by atoms with Crippen molar-refractivity contribution >= 4 is 11.3 Å². The first-order valence-corrected chi connectivity index (χ1v) is 8.65. The average molecular weight is 300 g/mol. The van der Waals surface area contributed by atoms with Crippen LogP contribution in [0.2, 0.25) is 0 Å². The van der Waals surface area contributed by atoms with Gasteiger partial charge in [0.05, 0.1) is 6.04 Å². The number of rotatable bonds is 3. The molecule has 0 spiro atoms. The molecule has 0 fully saturated rings. The molecule has 3 N–H and O–H groups in total. The Morgan fingerprint density at radius 2 is 1.86 bits per heavy atom. The highest BCUT2D eigenvalue weighted by atomic mass is 32.1. The molecule has 0 bridgehead atoms. The lowest BCUT2D eigenvalue weighted by Crippen LogP contribution is -2.28. The van der Waals surface area contributed by atoms with Crippen LogP contribution < -0.4 is 11.3 Å². The number of thiophene rings is 1. The summed E-state index contributed by atoms with van der Waals surface area (Å²) in [6, 6.07) is 9.13. The van der Waals surface area contributed by atoms with Crippen molar-refractivity contribution < 1.29 is 0 Å². The lowest BCUT2D eigenvalue weighted by Gasteiger charge is -2.16. The Morgan fingerprint density at radius 3 is 2.62 bits per heavy atom. The molecule has 0 radical (unpaired) electrons. The first-order valence-electron chi connectivity index (χ1n) is 7.84. The maximum absolute atomic E-state index is 5.87. The molecule has 1 heterocycles. The summed E-state index contributed by atoms with van der Waals surface area (Å²) in [6.45, 7) is 4.31. The zero-order valence-corrected chi connectivity index (χ0v) is 13.7. The van der Waals surface area contributed by atoms with E-state index in [0.29, 0.717) is 0 Å². The number of nitrogens with two attached hydrogens (primary N) is 1. The molecule has 0 saturated carbocycles. The number of nitrogens with one attached hydrogen (secondary N) is 1. The first-order chi connectivity index (χ1) is 10.2. The third kappa shape index (κ3) is 3.05. The molecule has 0 saturated heterocycles. The van der Waals surface area contributed by atoms with E-state index in [2.05, 4.69) is 43.5 Å². The van der Waals surface area contributed by atoms with Gasteiger partial charge in [-0.05, 0) is 67.9 Å². The lowest BCUT2D eigenvalue weighted by molar-refractivity contribution is 0.645. The highest BCUT2D eigenvalue weighted by Crippen LogP contribution is 2.34. The van der Waals surface area contributed by atoms with Gasteiger partial charge in [0.2, 0.25) is 0 Å². The number of benzene rings is 1. The number of aryl methyl sites for hydroxylation is 4. The quantitative estimate of drug-likeness (QED) is 0.507. The molecule has 1 aliphatic carbocycles. The van der Waals surface area contributed by atoms with Gasteiger partial charge in [0.15, 0.2) is 0 Å². The van der Waals surface area contributed by atoms with Crippen molar-refractivity contribution in [2.45, 2.75) is 52.0 Å². The molecule has 1 aromatic carbocycles. The molecule has 1 atom stereocenters. The molecule has 1 aromatic heterocycles. The Kier molecular flexibility index (Phi) is 4.43. The van der Waals surface area contributed by atoms with Gasteiger partial charge in [0.25, 0.3) is 0 Å². The van der Waals surface area contributed by atoms with Crippen molar-refractivity contribution in [2.75, 3.05) is 0 Å². The van der Waals surface area contributed by atoms with Gasteiger partial charge in [0.1, 0.15) is 0 Å². The summed E-state index contributed by atoms with van der Waals surface area (Å²) >= 11 is 1.94. The fraction of sp³-hybridized carbons (Fsp3) is 0.444. The van der Waals surface area contributed by atoms with Crippen LogP contribution in [0.25, 0.3) is 0 Å². The van der Waals surface area contributed by atoms with Crippen LogP contribution in [-0.2, 0) is 12.8 Å². The van der Waals surface area contributed by atoms with Crippen LogP contribution in [0, 0.1) is 13.8 Å². The molecular formula is C18H24N2S. The predicted molar refractivity (Wildman–Crippen MR) is 90.7 cm³/mol. The zero-order valence-electron chi connectivity index (χ0n) is 12.9. The molecule has 0 aliphatic heterocycles. The summed E-state index contributed by atoms with van der Waals surface area (Å²) in [4.78, 5) is 2.93. The van der Waals surface area contributed by atoms with E-state index < -0.39 is 0 Å². The highest BCUT2D eigenvalue weighted by Gasteiger charge is 2.19. The summed E-state index contributed by atoms with van der Waals surface area (Å²) < 4.78 is 0. The Labute approximate surface area is 131 Å². The molecule has 2 nitrogen and oxygen atoms in total. The third-order valence-corrected chi connectivity index (χ3v) is 5.88. The second kappa shape index (κ2) is 6.30. The van der Waals surface area contributed by atoms with Crippen molar-refractivity contribution in [1.82, 2.24) is 5.43 Å². The van der Waals surface area contributed by atoms with E-state index in [-0.39, 0.29) is 6.04 Å². The Balaban J connectivity index is 1.94. The van der Waals surface area contributed by atoms with Gasteiger partial charge in [-0.25, -0.2) is 5.43 Å². The van der Waals surface area contributed by atoms with E-state index in [9.17, 15) is 0 Å². The van der Waals surface area contributed by atoms with Crippen LogP contribution in [0.3, 0.4) is 0 Å². The smallest absolute Gasteiger partial charge is 0.0802 e. The van der Waals surface area contributed by atoms with Gasteiger partial charge in [-0.2, -0.15) is 0 Å². The largest absolute Gasteiger partial charge is 0.271 e. The molecule has 0 amide bonds. The minimum absolute atomic E-state index is 0.112. The lowest BCUT2D eigenvalue weighted by atomic mass is 9.99. The molecule has 2 aromatic rings.